The van der Waals surface area contributed by atoms with Gasteiger partial charge in [0.15, 0.2) is 5.13 Å². The number of thiazole rings is 1. The van der Waals surface area contributed by atoms with Crippen LogP contribution in [0.5, 0.6) is 0 Å². The monoisotopic (exact) mass is 278 g/mol. The Morgan fingerprint density at radius 3 is 3.16 bits per heavy atom. The van der Waals surface area contributed by atoms with E-state index in [0.717, 1.165) is 0 Å². The minimum atomic E-state index is -0.976. The number of aromatic nitrogens is 1. The van der Waals surface area contributed by atoms with Crippen LogP contribution < -0.4 is 4.90 Å². The number of anilines is 1. The molecule has 6 nitrogen and oxygen atoms in total. The topological polar surface area (TPSA) is 79.7 Å². The van der Waals surface area contributed by atoms with Crippen LogP contribution >= 0.6 is 11.3 Å². The fourth-order valence-corrected chi connectivity index (χ4v) is 3.94. The number of fused-ring (bicyclic) bond motifs is 1. The second kappa shape index (κ2) is 3.43. The van der Waals surface area contributed by atoms with Gasteiger partial charge in [-0.3, -0.25) is 14.5 Å². The van der Waals surface area contributed by atoms with Gasteiger partial charge in [0, 0.05) is 11.6 Å². The zero-order chi connectivity index (χ0) is 13.2. The van der Waals surface area contributed by atoms with E-state index in [4.69, 9.17) is 4.74 Å². The Hall–Kier alpha value is -1.73. The summed E-state index contributed by atoms with van der Waals surface area (Å²) >= 11 is 1.36. The van der Waals surface area contributed by atoms with E-state index in [2.05, 4.69) is 4.98 Å². The van der Waals surface area contributed by atoms with Gasteiger partial charge in [0.05, 0.1) is 18.6 Å². The Kier molecular flexibility index (Phi) is 2.01. The van der Waals surface area contributed by atoms with E-state index >= 15 is 0 Å². The predicted molar refractivity (Wildman–Crippen MR) is 65.8 cm³/mol. The number of hydrogen-bond acceptors (Lipinski definition) is 5. The van der Waals surface area contributed by atoms with Crippen LogP contribution in [-0.2, 0) is 14.3 Å². The summed E-state index contributed by atoms with van der Waals surface area (Å²) < 4.78 is 5.78. The molecule has 4 atom stereocenters. The molecule has 1 N–H and O–H groups in total. The first-order chi connectivity index (χ1) is 9.12. The molecule has 3 aliphatic rings. The van der Waals surface area contributed by atoms with Crippen molar-refractivity contribution in [3.8, 4) is 0 Å². The molecule has 3 aliphatic heterocycles. The smallest absolute Gasteiger partial charge is 0.310 e. The Balaban J connectivity index is 1.77. The van der Waals surface area contributed by atoms with Gasteiger partial charge in [0.25, 0.3) is 0 Å². The number of carbonyl (C=O) groups excluding carboxylic acids is 1. The normalized spacial score (nSPS) is 39.1. The summed E-state index contributed by atoms with van der Waals surface area (Å²) in [6.45, 7) is 0.348. The maximum absolute atomic E-state index is 12.5. The molecule has 1 amide bonds. The number of ether oxygens (including phenoxy) is 1. The van der Waals surface area contributed by atoms with Crippen molar-refractivity contribution in [2.45, 2.75) is 11.7 Å². The van der Waals surface area contributed by atoms with Crippen molar-refractivity contribution >= 4 is 28.3 Å². The number of rotatable bonds is 2. The van der Waals surface area contributed by atoms with Gasteiger partial charge in [-0.2, -0.15) is 0 Å². The van der Waals surface area contributed by atoms with Gasteiger partial charge < -0.3 is 9.84 Å². The van der Waals surface area contributed by atoms with Gasteiger partial charge in [0.2, 0.25) is 5.91 Å². The summed E-state index contributed by atoms with van der Waals surface area (Å²) in [5, 5.41) is 11.7. The first-order valence-electron chi connectivity index (χ1n) is 5.93. The third-order valence-electron chi connectivity index (χ3n) is 4.04. The molecule has 2 fully saturated rings. The van der Waals surface area contributed by atoms with Crippen LogP contribution in [0.4, 0.5) is 5.13 Å². The molecule has 0 saturated carbocycles. The number of carboxylic acid groups (broad SMARTS) is 1. The van der Waals surface area contributed by atoms with Crippen molar-refractivity contribution < 1.29 is 19.4 Å². The van der Waals surface area contributed by atoms with E-state index in [1.807, 2.05) is 6.08 Å². The van der Waals surface area contributed by atoms with Crippen molar-refractivity contribution in [3.05, 3.63) is 23.7 Å². The van der Waals surface area contributed by atoms with Gasteiger partial charge in [0.1, 0.15) is 11.5 Å². The minimum Gasteiger partial charge on any atom is -0.481 e. The third-order valence-corrected chi connectivity index (χ3v) is 4.83. The molecule has 19 heavy (non-hydrogen) atoms. The van der Waals surface area contributed by atoms with E-state index in [1.165, 1.54) is 16.2 Å². The van der Waals surface area contributed by atoms with Crippen LogP contribution in [0.1, 0.15) is 0 Å². The lowest BCUT2D eigenvalue weighted by molar-refractivity contribution is -0.146. The van der Waals surface area contributed by atoms with Crippen molar-refractivity contribution in [1.29, 1.82) is 0 Å². The van der Waals surface area contributed by atoms with Crippen LogP contribution in [0.2, 0.25) is 0 Å². The number of carbonyl (C=O) groups is 2. The number of carboxylic acids is 1. The fraction of sp³-hybridized carbons (Fsp3) is 0.417. The molecule has 0 radical (unpaired) electrons. The van der Waals surface area contributed by atoms with Crippen molar-refractivity contribution in [2.75, 3.05) is 11.4 Å². The highest BCUT2D eigenvalue weighted by Gasteiger charge is 2.67. The van der Waals surface area contributed by atoms with Crippen LogP contribution in [0.15, 0.2) is 23.7 Å². The molecule has 0 aromatic carbocycles. The highest BCUT2D eigenvalue weighted by Crippen LogP contribution is 2.52. The molecule has 4 heterocycles. The molecule has 4 rings (SSSR count). The molecule has 2 saturated heterocycles. The maximum Gasteiger partial charge on any atom is 0.310 e. The average molecular weight is 278 g/mol. The molecule has 1 aromatic heterocycles. The third kappa shape index (κ3) is 1.26. The highest BCUT2D eigenvalue weighted by molar-refractivity contribution is 7.13. The van der Waals surface area contributed by atoms with Crippen LogP contribution in [0.3, 0.4) is 0 Å². The molecule has 1 aromatic rings. The SMILES string of the molecule is O=C(O)[C@@H]1[C@H]2C=C[C@@]3(CN(c4nccs4)C(=O)[C@@H]13)O2. The van der Waals surface area contributed by atoms with Crippen LogP contribution in [0.25, 0.3) is 0 Å². The Morgan fingerprint density at radius 1 is 1.63 bits per heavy atom. The Bertz CT molecular complexity index is 599. The Morgan fingerprint density at radius 2 is 2.47 bits per heavy atom. The van der Waals surface area contributed by atoms with Crippen molar-refractivity contribution in [3.63, 3.8) is 0 Å². The molecular formula is C12H10N2O4S. The van der Waals surface area contributed by atoms with E-state index < -0.39 is 29.5 Å². The largest absolute Gasteiger partial charge is 0.481 e. The van der Waals surface area contributed by atoms with Gasteiger partial charge in [-0.15, -0.1) is 11.3 Å². The van der Waals surface area contributed by atoms with Gasteiger partial charge >= 0.3 is 5.97 Å². The van der Waals surface area contributed by atoms with E-state index in [-0.39, 0.29) is 5.91 Å². The maximum atomic E-state index is 12.5. The van der Waals surface area contributed by atoms with Crippen LogP contribution in [0, 0.1) is 11.8 Å². The number of aliphatic carboxylic acids is 1. The first-order valence-corrected chi connectivity index (χ1v) is 6.81. The summed E-state index contributed by atoms with van der Waals surface area (Å²) in [5.41, 5.74) is -0.781. The quantitative estimate of drug-likeness (QED) is 0.797. The Labute approximate surface area is 112 Å². The second-order valence-electron chi connectivity index (χ2n) is 4.98. The average Bonchev–Trinajstić information content (AvgIpc) is 3.09. The summed E-state index contributed by atoms with van der Waals surface area (Å²) in [6, 6.07) is 0. The molecule has 98 valence electrons. The minimum absolute atomic E-state index is 0.200. The summed E-state index contributed by atoms with van der Waals surface area (Å²) in [4.78, 5) is 29.5. The molecule has 2 bridgehead atoms. The summed E-state index contributed by atoms with van der Waals surface area (Å²) in [7, 11) is 0. The van der Waals surface area contributed by atoms with Crippen LogP contribution in [-0.4, -0.2) is 40.2 Å². The lowest BCUT2D eigenvalue weighted by Gasteiger charge is -2.21. The van der Waals surface area contributed by atoms with Crippen molar-refractivity contribution in [2.24, 2.45) is 11.8 Å². The number of amides is 1. The zero-order valence-electron chi connectivity index (χ0n) is 9.72. The van der Waals surface area contributed by atoms with E-state index in [1.54, 1.807) is 17.7 Å². The van der Waals surface area contributed by atoms with Gasteiger partial charge in [-0.25, -0.2) is 4.98 Å². The highest BCUT2D eigenvalue weighted by atomic mass is 32.1. The summed E-state index contributed by atoms with van der Waals surface area (Å²) in [5.74, 6) is -2.60. The van der Waals surface area contributed by atoms with E-state index in [9.17, 15) is 14.7 Å². The first kappa shape index (κ1) is 11.1. The standard InChI is InChI=1S/C12H10N2O4S/c15-9-8-7(10(16)17)6-1-2-12(8,18-6)5-14(9)11-13-3-4-19-11/h1-4,6-8H,5H2,(H,16,17)/t6-,7-,8-,12+/m1/s1. The van der Waals surface area contributed by atoms with Crippen molar-refractivity contribution in [1.82, 2.24) is 4.98 Å². The number of hydrogen-bond donors (Lipinski definition) is 1. The second-order valence-corrected chi connectivity index (χ2v) is 5.85. The molecule has 1 spiro atoms. The van der Waals surface area contributed by atoms with Gasteiger partial charge in [-0.1, -0.05) is 12.2 Å². The molecular weight excluding hydrogens is 268 g/mol. The predicted octanol–water partition coefficient (Wildman–Crippen LogP) is 0.514. The molecule has 0 aliphatic carbocycles. The summed E-state index contributed by atoms with van der Waals surface area (Å²) in [6.07, 6.45) is 4.74. The molecule has 0 unspecified atom stereocenters. The zero-order valence-corrected chi connectivity index (χ0v) is 10.5. The molecule has 7 heteroatoms. The van der Waals surface area contributed by atoms with Gasteiger partial charge in [-0.05, 0) is 0 Å². The number of nitrogens with zero attached hydrogens (tertiary/aromatic N) is 2. The fourth-order valence-electron chi connectivity index (χ4n) is 3.29. The lowest BCUT2D eigenvalue weighted by Crippen LogP contribution is -2.39. The lowest BCUT2D eigenvalue weighted by atomic mass is 9.77. The van der Waals surface area contributed by atoms with E-state index in [0.29, 0.717) is 11.7 Å².